The van der Waals surface area contributed by atoms with Gasteiger partial charge in [-0.25, -0.2) is 9.78 Å². The first-order valence-electron chi connectivity index (χ1n) is 7.65. The Morgan fingerprint density at radius 2 is 1.78 bits per heavy atom. The van der Waals surface area contributed by atoms with Crippen molar-refractivity contribution in [2.45, 2.75) is 18.8 Å². The second-order valence-electron chi connectivity index (χ2n) is 5.63. The van der Waals surface area contributed by atoms with E-state index in [0.29, 0.717) is 6.42 Å². The molecule has 3 aromatic rings. The summed E-state index contributed by atoms with van der Waals surface area (Å²) in [6, 6.07) is 19.5. The molecule has 3 rings (SSSR count). The van der Waals surface area contributed by atoms with E-state index in [-0.39, 0.29) is 11.6 Å². The summed E-state index contributed by atoms with van der Waals surface area (Å²) in [7, 11) is 0. The van der Waals surface area contributed by atoms with Crippen LogP contribution in [0.1, 0.15) is 34.1 Å². The van der Waals surface area contributed by atoms with Gasteiger partial charge >= 0.3 is 5.97 Å². The molecule has 1 N–H and O–H groups in total. The maximum atomic E-state index is 11.3. The Morgan fingerprint density at radius 3 is 2.52 bits per heavy atom. The molecule has 0 aliphatic rings. The van der Waals surface area contributed by atoms with Gasteiger partial charge in [0.15, 0.2) is 0 Å². The fraction of sp³-hybridized carbons (Fsp3) is 0.150. The average Bonchev–Trinajstić information content (AvgIpc) is 2.59. The van der Waals surface area contributed by atoms with Crippen molar-refractivity contribution in [3.05, 3.63) is 84.5 Å². The molecule has 0 spiro atoms. The molecule has 0 bridgehead atoms. The minimum Gasteiger partial charge on any atom is -0.477 e. The van der Waals surface area contributed by atoms with Crippen molar-refractivity contribution >= 4 is 16.7 Å². The quantitative estimate of drug-likeness (QED) is 0.756. The Hall–Kier alpha value is -2.68. The summed E-state index contributed by atoms with van der Waals surface area (Å²) in [5.41, 5.74) is 2.11. The van der Waals surface area contributed by atoms with Crippen LogP contribution in [0.5, 0.6) is 0 Å². The minimum absolute atomic E-state index is 0.0963. The van der Waals surface area contributed by atoms with Crippen molar-refractivity contribution in [2.24, 2.45) is 0 Å². The molecule has 23 heavy (non-hydrogen) atoms. The van der Waals surface area contributed by atoms with Crippen molar-refractivity contribution in [3.63, 3.8) is 0 Å². The van der Waals surface area contributed by atoms with Gasteiger partial charge in [-0.05, 0) is 42.7 Å². The SMILES string of the molecule is [CH2]C(CCc1nc(C(=O)O)cc2ccccc12)c1ccccc1. The molecule has 3 nitrogen and oxygen atoms in total. The molecule has 0 saturated carbocycles. The van der Waals surface area contributed by atoms with Crippen LogP contribution in [-0.4, -0.2) is 16.1 Å². The number of hydrogen-bond acceptors (Lipinski definition) is 2. The topological polar surface area (TPSA) is 50.2 Å². The molecule has 0 amide bonds. The van der Waals surface area contributed by atoms with Crippen molar-refractivity contribution in [3.8, 4) is 0 Å². The Balaban J connectivity index is 1.88. The Kier molecular flexibility index (Phi) is 4.38. The molecule has 1 unspecified atom stereocenters. The van der Waals surface area contributed by atoms with E-state index in [9.17, 15) is 9.90 Å². The van der Waals surface area contributed by atoms with E-state index in [0.717, 1.165) is 22.9 Å². The van der Waals surface area contributed by atoms with Gasteiger partial charge in [-0.15, -0.1) is 0 Å². The van der Waals surface area contributed by atoms with E-state index in [1.165, 1.54) is 5.56 Å². The summed E-state index contributed by atoms with van der Waals surface area (Å²) in [5.74, 6) is -0.837. The summed E-state index contributed by atoms with van der Waals surface area (Å²) in [6.07, 6.45) is 1.52. The lowest BCUT2D eigenvalue weighted by Crippen LogP contribution is -2.05. The first kappa shape index (κ1) is 15.2. The van der Waals surface area contributed by atoms with Crippen molar-refractivity contribution < 1.29 is 9.90 Å². The summed E-state index contributed by atoms with van der Waals surface area (Å²) in [5, 5.41) is 11.2. The zero-order valence-corrected chi connectivity index (χ0v) is 12.8. The van der Waals surface area contributed by atoms with Gasteiger partial charge in [0.25, 0.3) is 0 Å². The van der Waals surface area contributed by atoms with E-state index in [1.54, 1.807) is 6.07 Å². The molecule has 3 heteroatoms. The molecule has 1 atom stereocenters. The molecular formula is C20H18NO2. The van der Waals surface area contributed by atoms with Crippen LogP contribution in [0.2, 0.25) is 0 Å². The lowest BCUT2D eigenvalue weighted by molar-refractivity contribution is 0.0690. The lowest BCUT2D eigenvalue weighted by Gasteiger charge is -2.13. The molecule has 1 radical (unpaired) electrons. The van der Waals surface area contributed by atoms with Crippen LogP contribution in [0.15, 0.2) is 60.7 Å². The zero-order valence-electron chi connectivity index (χ0n) is 12.8. The number of fused-ring (bicyclic) bond motifs is 1. The second kappa shape index (κ2) is 6.61. The predicted molar refractivity (Wildman–Crippen MR) is 91.6 cm³/mol. The maximum Gasteiger partial charge on any atom is 0.354 e. The molecule has 2 aromatic carbocycles. The fourth-order valence-corrected chi connectivity index (χ4v) is 2.77. The Labute approximate surface area is 135 Å². The number of pyridine rings is 1. The number of rotatable bonds is 5. The monoisotopic (exact) mass is 304 g/mol. The number of carboxylic acids is 1. The highest BCUT2D eigenvalue weighted by Crippen LogP contribution is 2.24. The number of nitrogens with zero attached hydrogens (tertiary/aromatic N) is 1. The van der Waals surface area contributed by atoms with E-state index >= 15 is 0 Å². The van der Waals surface area contributed by atoms with Gasteiger partial charge in [0, 0.05) is 11.1 Å². The summed E-state index contributed by atoms with van der Waals surface area (Å²) < 4.78 is 0. The first-order valence-corrected chi connectivity index (χ1v) is 7.65. The molecule has 115 valence electrons. The Bertz CT molecular complexity index is 827. The highest BCUT2D eigenvalue weighted by atomic mass is 16.4. The molecule has 0 aliphatic heterocycles. The van der Waals surface area contributed by atoms with Gasteiger partial charge in [-0.3, -0.25) is 0 Å². The van der Waals surface area contributed by atoms with Gasteiger partial charge in [0.2, 0.25) is 0 Å². The van der Waals surface area contributed by atoms with Gasteiger partial charge < -0.3 is 5.11 Å². The van der Waals surface area contributed by atoms with Gasteiger partial charge in [0.05, 0.1) is 0 Å². The van der Waals surface area contributed by atoms with Crippen LogP contribution in [0.25, 0.3) is 10.8 Å². The van der Waals surface area contributed by atoms with E-state index in [1.807, 2.05) is 42.5 Å². The van der Waals surface area contributed by atoms with E-state index in [2.05, 4.69) is 24.0 Å². The normalized spacial score (nSPS) is 12.2. The number of aromatic carboxylic acids is 1. The van der Waals surface area contributed by atoms with Crippen LogP contribution in [0.3, 0.4) is 0 Å². The predicted octanol–water partition coefficient (Wildman–Crippen LogP) is 4.48. The summed E-state index contributed by atoms with van der Waals surface area (Å²) in [4.78, 5) is 15.6. The number of aromatic nitrogens is 1. The van der Waals surface area contributed by atoms with E-state index in [4.69, 9.17) is 0 Å². The minimum atomic E-state index is -0.994. The number of carbonyl (C=O) groups is 1. The van der Waals surface area contributed by atoms with Crippen LogP contribution in [0, 0.1) is 6.92 Å². The summed E-state index contributed by atoms with van der Waals surface area (Å²) in [6.45, 7) is 4.22. The third kappa shape index (κ3) is 3.39. The first-order chi connectivity index (χ1) is 11.1. The fourth-order valence-electron chi connectivity index (χ4n) is 2.77. The van der Waals surface area contributed by atoms with Crippen molar-refractivity contribution in [2.75, 3.05) is 0 Å². The summed E-state index contributed by atoms with van der Waals surface area (Å²) >= 11 is 0. The number of benzene rings is 2. The Morgan fingerprint density at radius 1 is 1.09 bits per heavy atom. The third-order valence-electron chi connectivity index (χ3n) is 4.04. The van der Waals surface area contributed by atoms with Gasteiger partial charge in [0.1, 0.15) is 5.69 Å². The molecule has 0 saturated heterocycles. The van der Waals surface area contributed by atoms with Crippen LogP contribution < -0.4 is 0 Å². The molecule has 0 fully saturated rings. The number of aryl methyl sites for hydroxylation is 1. The highest BCUT2D eigenvalue weighted by molar-refractivity contribution is 5.93. The van der Waals surface area contributed by atoms with Crippen LogP contribution >= 0.6 is 0 Å². The van der Waals surface area contributed by atoms with Crippen molar-refractivity contribution in [1.29, 1.82) is 0 Å². The van der Waals surface area contributed by atoms with Crippen LogP contribution in [-0.2, 0) is 6.42 Å². The highest BCUT2D eigenvalue weighted by Gasteiger charge is 2.12. The van der Waals surface area contributed by atoms with Crippen molar-refractivity contribution in [1.82, 2.24) is 4.98 Å². The maximum absolute atomic E-state index is 11.3. The standard InChI is InChI=1S/C20H18NO2/c1-14(15-7-3-2-4-8-15)11-12-18-17-10-6-5-9-16(17)13-19(21-18)20(22)23/h2-10,13-14H,1,11-12H2,(H,22,23). The lowest BCUT2D eigenvalue weighted by atomic mass is 9.94. The molecule has 1 heterocycles. The number of carboxylic acid groups (broad SMARTS) is 1. The molecule has 1 aromatic heterocycles. The molecular weight excluding hydrogens is 286 g/mol. The van der Waals surface area contributed by atoms with Crippen LogP contribution in [0.4, 0.5) is 0 Å². The molecule has 0 aliphatic carbocycles. The van der Waals surface area contributed by atoms with Gasteiger partial charge in [-0.2, -0.15) is 0 Å². The largest absolute Gasteiger partial charge is 0.477 e. The van der Waals surface area contributed by atoms with Gasteiger partial charge in [-0.1, -0.05) is 54.6 Å². The zero-order chi connectivity index (χ0) is 16.2. The number of hydrogen-bond donors (Lipinski definition) is 1. The third-order valence-corrected chi connectivity index (χ3v) is 4.04. The average molecular weight is 304 g/mol. The second-order valence-corrected chi connectivity index (χ2v) is 5.63. The smallest absolute Gasteiger partial charge is 0.354 e. The van der Waals surface area contributed by atoms with E-state index < -0.39 is 5.97 Å².